The molecule has 1 atom stereocenters. The molecule has 0 aromatic carbocycles. The predicted octanol–water partition coefficient (Wildman–Crippen LogP) is 1.39. The first-order valence-corrected chi connectivity index (χ1v) is 8.95. The highest BCUT2D eigenvalue weighted by molar-refractivity contribution is 7.34. The Labute approximate surface area is 122 Å². The zero-order valence-corrected chi connectivity index (χ0v) is 14.7. The number of nitrogens with one attached hydrogen (secondary N) is 1. The van der Waals surface area contributed by atoms with Crippen LogP contribution >= 0.6 is 8.73 Å². The summed E-state index contributed by atoms with van der Waals surface area (Å²) in [4.78, 5) is 4.91. The molecule has 19 heavy (non-hydrogen) atoms. The predicted molar refractivity (Wildman–Crippen MR) is 89.6 cm³/mol. The summed E-state index contributed by atoms with van der Waals surface area (Å²) in [6.45, 7) is 9.44. The number of nitrogens with zero attached hydrogens (tertiary/aromatic N) is 3. The fraction of sp³-hybridized carbons (Fsp3) is 1.00. The molecule has 0 aliphatic heterocycles. The summed E-state index contributed by atoms with van der Waals surface area (Å²) in [5, 5.41) is 3.20. The molecule has 0 spiro atoms. The van der Waals surface area contributed by atoms with Crippen LogP contribution in [0.4, 0.5) is 0 Å². The van der Waals surface area contributed by atoms with E-state index in [1.807, 2.05) is 7.05 Å². The molecule has 0 aromatic rings. The van der Waals surface area contributed by atoms with Gasteiger partial charge in [-0.1, -0.05) is 8.73 Å². The van der Waals surface area contributed by atoms with E-state index in [0.29, 0.717) is 0 Å². The Morgan fingerprint density at radius 3 is 1.74 bits per heavy atom. The third kappa shape index (κ3) is 13.0. The summed E-state index contributed by atoms with van der Waals surface area (Å²) in [7, 11) is 9.64. The van der Waals surface area contributed by atoms with E-state index in [0.717, 1.165) is 15.3 Å². The van der Waals surface area contributed by atoms with E-state index >= 15 is 0 Å². The van der Waals surface area contributed by atoms with Gasteiger partial charge in [0.05, 0.1) is 0 Å². The second-order valence-corrected chi connectivity index (χ2v) is 6.63. The van der Waals surface area contributed by atoms with Crippen molar-refractivity contribution in [2.45, 2.75) is 19.3 Å². The van der Waals surface area contributed by atoms with Gasteiger partial charge in [0.25, 0.3) is 0 Å². The Morgan fingerprint density at radius 1 is 0.789 bits per heavy atom. The first-order chi connectivity index (χ1) is 9.10. The van der Waals surface area contributed by atoms with Gasteiger partial charge in [0.15, 0.2) is 0 Å². The molecule has 4 nitrogen and oxygen atoms in total. The molecule has 0 heterocycles. The van der Waals surface area contributed by atoms with Crippen LogP contribution in [0.15, 0.2) is 0 Å². The second kappa shape index (κ2) is 13.3. The number of hydrogen-bond acceptors (Lipinski definition) is 4. The van der Waals surface area contributed by atoms with Crippen LogP contribution in [0.5, 0.6) is 0 Å². The van der Waals surface area contributed by atoms with Gasteiger partial charge in [-0.05, 0) is 86.8 Å². The third-order valence-corrected chi connectivity index (χ3v) is 4.45. The van der Waals surface area contributed by atoms with Crippen LogP contribution < -0.4 is 5.32 Å². The number of rotatable bonds is 13. The number of hydrogen-bond donors (Lipinski definition) is 1. The van der Waals surface area contributed by atoms with Crippen LogP contribution in [0, 0.1) is 0 Å². The molecule has 0 aromatic heterocycles. The first kappa shape index (κ1) is 19.3. The Bertz CT molecular complexity index is 192. The standard InChI is InChI=1S/C14H35N4P/c1-15-9-6-10-16(2)11-7-12-17(3)13-8-14-18(4)19-5/h15,19H,6-14H2,1-5H3. The van der Waals surface area contributed by atoms with Crippen molar-refractivity contribution in [1.82, 2.24) is 19.8 Å². The molecule has 1 unspecified atom stereocenters. The minimum absolute atomic E-state index is 0.935. The van der Waals surface area contributed by atoms with Gasteiger partial charge >= 0.3 is 0 Å². The minimum atomic E-state index is 0.935. The molecule has 0 saturated carbocycles. The van der Waals surface area contributed by atoms with E-state index in [1.165, 1.54) is 52.0 Å². The molecule has 0 saturated heterocycles. The fourth-order valence-electron chi connectivity index (χ4n) is 2.05. The van der Waals surface area contributed by atoms with Crippen LogP contribution in [0.1, 0.15) is 19.3 Å². The van der Waals surface area contributed by atoms with Gasteiger partial charge in [-0.25, -0.2) is 0 Å². The summed E-state index contributed by atoms with van der Waals surface area (Å²) in [5.74, 6) is 0. The lowest BCUT2D eigenvalue weighted by Gasteiger charge is -2.21. The maximum atomic E-state index is 3.20. The van der Waals surface area contributed by atoms with Crippen LogP contribution in [0.25, 0.3) is 0 Å². The smallest absolute Gasteiger partial charge is 0.00276 e. The zero-order chi connectivity index (χ0) is 14.5. The SMILES string of the molecule is CNCCCN(C)CCCN(C)CCCN(C)PC. The van der Waals surface area contributed by atoms with Crippen LogP contribution in [-0.4, -0.2) is 88.6 Å². The van der Waals surface area contributed by atoms with E-state index in [9.17, 15) is 0 Å². The molecule has 5 heteroatoms. The maximum absolute atomic E-state index is 3.20. The summed E-state index contributed by atoms with van der Waals surface area (Å²) in [6, 6.07) is 0. The van der Waals surface area contributed by atoms with Crippen molar-refractivity contribution < 1.29 is 0 Å². The minimum Gasteiger partial charge on any atom is -0.320 e. The molecule has 116 valence electrons. The molecular weight excluding hydrogens is 255 g/mol. The molecule has 0 rings (SSSR count). The van der Waals surface area contributed by atoms with Gasteiger partial charge in [0.2, 0.25) is 0 Å². The molecule has 0 amide bonds. The van der Waals surface area contributed by atoms with Gasteiger partial charge in [-0.2, -0.15) is 0 Å². The lowest BCUT2D eigenvalue weighted by molar-refractivity contribution is 0.271. The molecule has 0 aliphatic rings. The average molecular weight is 290 g/mol. The van der Waals surface area contributed by atoms with Crippen molar-refractivity contribution in [3.05, 3.63) is 0 Å². The fourth-order valence-corrected chi connectivity index (χ4v) is 2.43. The van der Waals surface area contributed by atoms with Gasteiger partial charge in [-0.15, -0.1) is 0 Å². The van der Waals surface area contributed by atoms with E-state index in [1.54, 1.807) is 0 Å². The topological polar surface area (TPSA) is 21.8 Å². The lowest BCUT2D eigenvalue weighted by Crippen LogP contribution is -2.28. The molecule has 0 bridgehead atoms. The highest BCUT2D eigenvalue weighted by Gasteiger charge is 2.02. The molecule has 0 fully saturated rings. The monoisotopic (exact) mass is 290 g/mol. The quantitative estimate of drug-likeness (QED) is 0.409. The lowest BCUT2D eigenvalue weighted by atomic mass is 10.3. The summed E-state index contributed by atoms with van der Waals surface area (Å²) in [5.41, 5.74) is 0. The van der Waals surface area contributed by atoms with Crippen LogP contribution in [0.3, 0.4) is 0 Å². The van der Waals surface area contributed by atoms with Crippen molar-refractivity contribution in [3.63, 3.8) is 0 Å². The van der Waals surface area contributed by atoms with Crippen LogP contribution in [-0.2, 0) is 0 Å². The highest BCUT2D eigenvalue weighted by Crippen LogP contribution is 2.08. The first-order valence-electron chi connectivity index (χ1n) is 7.50. The average Bonchev–Trinajstić information content (AvgIpc) is 2.38. The van der Waals surface area contributed by atoms with Crippen molar-refractivity contribution in [3.8, 4) is 0 Å². The van der Waals surface area contributed by atoms with Crippen LogP contribution in [0.2, 0.25) is 0 Å². The molecule has 0 radical (unpaired) electrons. The van der Waals surface area contributed by atoms with Gasteiger partial charge in [-0.3, -0.25) is 4.67 Å². The van der Waals surface area contributed by atoms with E-state index in [4.69, 9.17) is 0 Å². The van der Waals surface area contributed by atoms with Crippen molar-refractivity contribution in [2.75, 3.05) is 74.1 Å². The summed E-state index contributed by atoms with van der Waals surface area (Å²) in [6.07, 6.45) is 3.80. The second-order valence-electron chi connectivity index (χ2n) is 5.42. The van der Waals surface area contributed by atoms with Crippen molar-refractivity contribution >= 4 is 8.73 Å². The largest absolute Gasteiger partial charge is 0.320 e. The molecule has 1 N–H and O–H groups in total. The van der Waals surface area contributed by atoms with E-state index < -0.39 is 0 Å². The van der Waals surface area contributed by atoms with Gasteiger partial charge < -0.3 is 15.1 Å². The molecular formula is C14H35N4P. The molecule has 0 aliphatic carbocycles. The Balaban J connectivity index is 3.39. The van der Waals surface area contributed by atoms with Gasteiger partial charge in [0.1, 0.15) is 0 Å². The van der Waals surface area contributed by atoms with Crippen molar-refractivity contribution in [1.29, 1.82) is 0 Å². The van der Waals surface area contributed by atoms with Gasteiger partial charge in [0, 0.05) is 6.54 Å². The van der Waals surface area contributed by atoms with Crippen molar-refractivity contribution in [2.24, 2.45) is 0 Å². The Morgan fingerprint density at radius 2 is 1.26 bits per heavy atom. The highest BCUT2D eigenvalue weighted by atomic mass is 31.1. The summed E-state index contributed by atoms with van der Waals surface area (Å²) >= 11 is 0. The Hall–Kier alpha value is 0.270. The third-order valence-electron chi connectivity index (χ3n) is 3.46. The maximum Gasteiger partial charge on any atom is 0.00276 e. The Kier molecular flexibility index (Phi) is 13.5. The zero-order valence-electron chi connectivity index (χ0n) is 13.7. The normalized spacial score (nSPS) is 12.6. The summed E-state index contributed by atoms with van der Waals surface area (Å²) < 4.78 is 2.41. The van der Waals surface area contributed by atoms with E-state index in [-0.39, 0.29) is 0 Å². The van der Waals surface area contributed by atoms with E-state index in [2.05, 4.69) is 47.6 Å².